The Balaban J connectivity index is 1.67. The lowest BCUT2D eigenvalue weighted by Gasteiger charge is -2.05. The Morgan fingerprint density at radius 2 is 2.04 bits per heavy atom. The summed E-state index contributed by atoms with van der Waals surface area (Å²) < 4.78 is 5.15. The molecule has 0 aliphatic heterocycles. The van der Waals surface area contributed by atoms with Crippen molar-refractivity contribution in [2.75, 3.05) is 11.1 Å². The fraction of sp³-hybridized carbons (Fsp3) is 0.176. The number of thioether (sulfide) groups is 1. The number of aromatic nitrogens is 3. The van der Waals surface area contributed by atoms with Gasteiger partial charge in [-0.2, -0.15) is 0 Å². The van der Waals surface area contributed by atoms with Gasteiger partial charge in [0.2, 0.25) is 11.8 Å². The summed E-state index contributed by atoms with van der Waals surface area (Å²) in [6, 6.07) is 9.22. The van der Waals surface area contributed by atoms with E-state index in [1.54, 1.807) is 13.1 Å². The van der Waals surface area contributed by atoms with Crippen molar-refractivity contribution in [1.82, 2.24) is 15.1 Å². The van der Waals surface area contributed by atoms with Crippen LogP contribution in [0, 0.1) is 13.8 Å². The molecule has 0 unspecified atom stereocenters. The number of nitrogens with zero attached hydrogens (tertiary/aromatic N) is 2. The molecule has 0 saturated heterocycles. The first kappa shape index (κ1) is 17.0. The largest absolute Gasteiger partial charge is 0.338 e. The molecule has 1 aromatic carbocycles. The normalized spacial score (nSPS) is 10.6. The molecule has 7 nitrogen and oxygen atoms in total. The van der Waals surface area contributed by atoms with Crippen LogP contribution in [0.4, 0.5) is 5.88 Å². The maximum atomic E-state index is 12.2. The van der Waals surface area contributed by atoms with E-state index in [1.807, 2.05) is 31.2 Å². The highest BCUT2D eigenvalue weighted by atomic mass is 32.2. The minimum atomic E-state index is -0.278. The Bertz CT molecular complexity index is 947. The van der Waals surface area contributed by atoms with E-state index in [0.29, 0.717) is 22.3 Å². The van der Waals surface area contributed by atoms with E-state index in [4.69, 9.17) is 4.52 Å². The molecule has 128 valence electrons. The van der Waals surface area contributed by atoms with Crippen molar-refractivity contribution in [3.63, 3.8) is 0 Å². The van der Waals surface area contributed by atoms with Crippen molar-refractivity contribution in [3.05, 3.63) is 58.1 Å². The molecule has 0 saturated carbocycles. The van der Waals surface area contributed by atoms with Gasteiger partial charge in [0, 0.05) is 11.8 Å². The fourth-order valence-corrected chi connectivity index (χ4v) is 2.91. The quantitative estimate of drug-likeness (QED) is 0.538. The molecule has 3 rings (SSSR count). The molecule has 2 aromatic heterocycles. The van der Waals surface area contributed by atoms with Crippen molar-refractivity contribution in [1.29, 1.82) is 0 Å². The highest BCUT2D eigenvalue weighted by molar-refractivity contribution is 7.99. The molecule has 0 aliphatic rings. The van der Waals surface area contributed by atoms with Crippen LogP contribution in [-0.4, -0.2) is 26.8 Å². The second-order valence-electron chi connectivity index (χ2n) is 5.46. The lowest BCUT2D eigenvalue weighted by Crippen LogP contribution is -2.15. The summed E-state index contributed by atoms with van der Waals surface area (Å²) in [5.41, 5.74) is 3.11. The molecule has 8 heteroatoms. The molecular weight excluding hydrogens is 340 g/mol. The first-order valence-corrected chi connectivity index (χ1v) is 8.52. The lowest BCUT2D eigenvalue weighted by molar-refractivity contribution is -0.113. The number of anilines is 1. The molecule has 2 heterocycles. The first-order chi connectivity index (χ1) is 12.0. The van der Waals surface area contributed by atoms with Gasteiger partial charge in [-0.3, -0.25) is 14.9 Å². The summed E-state index contributed by atoms with van der Waals surface area (Å²) >= 11 is 1.14. The Morgan fingerprint density at radius 1 is 1.28 bits per heavy atom. The molecule has 0 atom stereocenters. The summed E-state index contributed by atoms with van der Waals surface area (Å²) in [5.74, 6) is 0.0971. The van der Waals surface area contributed by atoms with Gasteiger partial charge in [0.1, 0.15) is 0 Å². The van der Waals surface area contributed by atoms with E-state index in [2.05, 4.69) is 20.4 Å². The number of rotatable bonds is 5. The molecule has 1 amide bonds. The number of carbonyl (C=O) groups excluding carboxylic acids is 1. The van der Waals surface area contributed by atoms with Gasteiger partial charge in [0.15, 0.2) is 5.16 Å². The van der Waals surface area contributed by atoms with Crippen LogP contribution in [0.1, 0.15) is 11.3 Å². The minimum Gasteiger partial charge on any atom is -0.338 e. The second-order valence-corrected chi connectivity index (χ2v) is 6.43. The zero-order valence-electron chi connectivity index (χ0n) is 13.7. The molecular formula is C17H16N4O3S. The topological polar surface area (TPSA) is 101 Å². The van der Waals surface area contributed by atoms with Gasteiger partial charge in [-0.05, 0) is 19.4 Å². The zero-order valence-corrected chi connectivity index (χ0v) is 14.5. The van der Waals surface area contributed by atoms with Crippen LogP contribution < -0.4 is 10.9 Å². The zero-order chi connectivity index (χ0) is 17.8. The summed E-state index contributed by atoms with van der Waals surface area (Å²) in [6.07, 6.45) is 1.56. The van der Waals surface area contributed by atoms with Crippen LogP contribution in [0.25, 0.3) is 11.1 Å². The predicted octanol–water partition coefficient (Wildman–Crippen LogP) is 2.77. The summed E-state index contributed by atoms with van der Waals surface area (Å²) in [7, 11) is 0. The van der Waals surface area contributed by atoms with Gasteiger partial charge in [-0.25, -0.2) is 4.98 Å². The Hall–Kier alpha value is -2.87. The summed E-state index contributed by atoms with van der Waals surface area (Å²) in [6.45, 7) is 3.72. The number of amides is 1. The number of hydrogen-bond donors (Lipinski definition) is 2. The lowest BCUT2D eigenvalue weighted by atomic mass is 10.1. The van der Waals surface area contributed by atoms with Crippen LogP contribution in [0.3, 0.4) is 0 Å². The number of aryl methyl sites for hydroxylation is 2. The summed E-state index contributed by atoms with van der Waals surface area (Å²) in [4.78, 5) is 30.3. The third-order valence-electron chi connectivity index (χ3n) is 3.37. The molecule has 25 heavy (non-hydrogen) atoms. The SMILES string of the molecule is Cc1ccc(-c2cnoc2NC(=O)CSc2nc(C)cc(=O)[nH]2)cc1. The van der Waals surface area contributed by atoms with Crippen LogP contribution >= 0.6 is 11.8 Å². The molecule has 3 aromatic rings. The Morgan fingerprint density at radius 3 is 2.76 bits per heavy atom. The predicted molar refractivity (Wildman–Crippen MR) is 95.6 cm³/mol. The summed E-state index contributed by atoms with van der Waals surface area (Å²) in [5, 5.41) is 6.85. The van der Waals surface area contributed by atoms with Crippen molar-refractivity contribution in [2.45, 2.75) is 19.0 Å². The molecule has 0 fully saturated rings. The van der Waals surface area contributed by atoms with Gasteiger partial charge in [-0.1, -0.05) is 46.7 Å². The maximum Gasteiger partial charge on any atom is 0.251 e. The number of nitrogens with one attached hydrogen (secondary N) is 2. The van der Waals surface area contributed by atoms with Gasteiger partial charge in [0.05, 0.1) is 17.5 Å². The van der Waals surface area contributed by atoms with E-state index in [9.17, 15) is 9.59 Å². The van der Waals surface area contributed by atoms with Crippen molar-refractivity contribution in [2.24, 2.45) is 0 Å². The minimum absolute atomic E-state index is 0.0838. The molecule has 0 aliphatic carbocycles. The van der Waals surface area contributed by atoms with Crippen LogP contribution in [0.5, 0.6) is 0 Å². The molecule has 0 radical (unpaired) electrons. The smallest absolute Gasteiger partial charge is 0.251 e. The standard InChI is InChI=1S/C17H16N4O3S/c1-10-3-5-12(6-4-10)13-8-18-24-16(13)20-15(23)9-25-17-19-11(2)7-14(22)21-17/h3-8H,9H2,1-2H3,(H,20,23)(H,19,21,22). The number of H-pyrrole nitrogens is 1. The van der Waals surface area contributed by atoms with Gasteiger partial charge in [-0.15, -0.1) is 0 Å². The van der Waals surface area contributed by atoms with Crippen LogP contribution in [0.15, 0.2) is 51.0 Å². The van der Waals surface area contributed by atoms with E-state index in [-0.39, 0.29) is 17.2 Å². The number of aromatic amines is 1. The maximum absolute atomic E-state index is 12.2. The third kappa shape index (κ3) is 4.36. The molecule has 0 bridgehead atoms. The average Bonchev–Trinajstić information content (AvgIpc) is 3.01. The molecule has 2 N–H and O–H groups in total. The van der Waals surface area contributed by atoms with E-state index in [1.165, 1.54) is 6.07 Å². The second kappa shape index (κ2) is 7.35. The van der Waals surface area contributed by atoms with E-state index >= 15 is 0 Å². The number of carbonyl (C=O) groups is 1. The Kier molecular flexibility index (Phi) is 4.99. The van der Waals surface area contributed by atoms with E-state index < -0.39 is 0 Å². The highest BCUT2D eigenvalue weighted by Gasteiger charge is 2.14. The fourth-order valence-electron chi connectivity index (χ4n) is 2.19. The van der Waals surface area contributed by atoms with Gasteiger partial charge in [0.25, 0.3) is 5.56 Å². The third-order valence-corrected chi connectivity index (χ3v) is 4.25. The average molecular weight is 356 g/mol. The van der Waals surface area contributed by atoms with Gasteiger partial charge >= 0.3 is 0 Å². The van der Waals surface area contributed by atoms with Crippen LogP contribution in [-0.2, 0) is 4.79 Å². The van der Waals surface area contributed by atoms with Crippen LogP contribution in [0.2, 0.25) is 0 Å². The monoisotopic (exact) mass is 356 g/mol. The highest BCUT2D eigenvalue weighted by Crippen LogP contribution is 2.28. The van der Waals surface area contributed by atoms with Crippen molar-refractivity contribution in [3.8, 4) is 11.1 Å². The molecule has 0 spiro atoms. The van der Waals surface area contributed by atoms with Crippen molar-refractivity contribution >= 4 is 23.6 Å². The number of hydrogen-bond acceptors (Lipinski definition) is 6. The number of benzene rings is 1. The Labute approximate surface area is 147 Å². The first-order valence-electron chi connectivity index (χ1n) is 7.53. The van der Waals surface area contributed by atoms with Crippen molar-refractivity contribution < 1.29 is 9.32 Å². The van der Waals surface area contributed by atoms with E-state index in [0.717, 1.165) is 22.9 Å². The van der Waals surface area contributed by atoms with Gasteiger partial charge < -0.3 is 9.51 Å².